The van der Waals surface area contributed by atoms with Gasteiger partial charge in [0.1, 0.15) is 0 Å². The highest BCUT2D eigenvalue weighted by Gasteiger charge is 2.08. The molecule has 0 aliphatic carbocycles. The predicted octanol–water partition coefficient (Wildman–Crippen LogP) is 5.19. The van der Waals surface area contributed by atoms with Crippen LogP contribution in [0.25, 0.3) is 0 Å². The lowest BCUT2D eigenvalue weighted by Gasteiger charge is -2.13. The second-order valence-corrected chi connectivity index (χ2v) is 6.61. The predicted molar refractivity (Wildman–Crippen MR) is 86.9 cm³/mol. The van der Waals surface area contributed by atoms with E-state index in [-0.39, 0.29) is 0 Å². The Morgan fingerprint density at radius 2 is 1.68 bits per heavy atom. The number of nitrogens with one attached hydrogen (secondary N) is 1. The molecule has 0 fully saturated rings. The second kappa shape index (κ2) is 6.60. The van der Waals surface area contributed by atoms with Crippen molar-refractivity contribution in [3.63, 3.8) is 0 Å². The van der Waals surface area contributed by atoms with Crippen LogP contribution in [0.3, 0.4) is 0 Å². The van der Waals surface area contributed by atoms with Crippen molar-refractivity contribution >= 4 is 27.7 Å². The number of halogens is 1. The zero-order valence-electron chi connectivity index (χ0n) is 11.4. The van der Waals surface area contributed by atoms with Crippen LogP contribution < -0.4 is 5.32 Å². The van der Waals surface area contributed by atoms with E-state index in [1.54, 1.807) is 11.8 Å². The van der Waals surface area contributed by atoms with Crippen LogP contribution in [0, 0.1) is 6.92 Å². The number of hydrogen-bond acceptors (Lipinski definition) is 2. The van der Waals surface area contributed by atoms with E-state index < -0.39 is 0 Å². The van der Waals surface area contributed by atoms with Gasteiger partial charge >= 0.3 is 0 Å². The Hall–Kier alpha value is -0.770. The van der Waals surface area contributed by atoms with Crippen LogP contribution in [0.4, 0.5) is 0 Å². The lowest BCUT2D eigenvalue weighted by Crippen LogP contribution is -2.12. The van der Waals surface area contributed by atoms with Gasteiger partial charge in [0.25, 0.3) is 0 Å². The molecule has 2 rings (SSSR count). The monoisotopic (exact) mass is 335 g/mol. The van der Waals surface area contributed by atoms with Crippen LogP contribution in [0.1, 0.15) is 24.1 Å². The van der Waals surface area contributed by atoms with Crippen molar-refractivity contribution in [2.45, 2.75) is 29.7 Å². The van der Waals surface area contributed by atoms with Crippen molar-refractivity contribution in [2.75, 3.05) is 7.05 Å². The number of benzene rings is 2. The summed E-state index contributed by atoms with van der Waals surface area (Å²) >= 11 is 5.45. The van der Waals surface area contributed by atoms with Crippen LogP contribution in [0.5, 0.6) is 0 Å². The van der Waals surface area contributed by atoms with Gasteiger partial charge in [-0.25, -0.2) is 0 Å². The Morgan fingerprint density at radius 1 is 1.05 bits per heavy atom. The van der Waals surface area contributed by atoms with Crippen LogP contribution in [-0.2, 0) is 0 Å². The number of hydrogen-bond donors (Lipinski definition) is 1. The molecule has 3 heteroatoms. The van der Waals surface area contributed by atoms with Gasteiger partial charge in [0.2, 0.25) is 0 Å². The molecular formula is C16H18BrNS. The summed E-state index contributed by atoms with van der Waals surface area (Å²) in [6.45, 7) is 4.27. The van der Waals surface area contributed by atoms with Crippen LogP contribution in [-0.4, -0.2) is 7.05 Å². The smallest absolute Gasteiger partial charge is 0.0300 e. The first-order valence-electron chi connectivity index (χ1n) is 6.31. The van der Waals surface area contributed by atoms with Crippen molar-refractivity contribution in [1.29, 1.82) is 0 Å². The fraction of sp³-hybridized carbons (Fsp3) is 0.250. The zero-order chi connectivity index (χ0) is 13.8. The minimum absolute atomic E-state index is 0.354. The Labute approximate surface area is 127 Å². The van der Waals surface area contributed by atoms with E-state index in [0.29, 0.717) is 6.04 Å². The molecule has 1 unspecified atom stereocenters. The van der Waals surface area contributed by atoms with E-state index >= 15 is 0 Å². The van der Waals surface area contributed by atoms with Gasteiger partial charge in [-0.1, -0.05) is 51.5 Å². The molecule has 1 N–H and O–H groups in total. The second-order valence-electron chi connectivity index (χ2n) is 4.61. The maximum atomic E-state index is 3.66. The highest BCUT2D eigenvalue weighted by Crippen LogP contribution is 2.32. The molecule has 0 saturated carbocycles. The normalized spacial score (nSPS) is 12.4. The molecule has 2 aromatic rings. The van der Waals surface area contributed by atoms with Gasteiger partial charge in [0.15, 0.2) is 0 Å². The fourth-order valence-corrected chi connectivity index (χ4v) is 3.55. The minimum Gasteiger partial charge on any atom is -0.313 e. The standard InChI is InChI=1S/C16H18BrNS/c1-11-4-6-13(7-5-11)19-14-8-9-15(12(2)18-3)16(17)10-14/h4-10,12,18H,1-3H3. The molecule has 0 saturated heterocycles. The van der Waals surface area contributed by atoms with Gasteiger partial charge in [0.05, 0.1) is 0 Å². The summed E-state index contributed by atoms with van der Waals surface area (Å²) < 4.78 is 1.16. The van der Waals surface area contributed by atoms with Crippen molar-refractivity contribution in [2.24, 2.45) is 0 Å². The maximum Gasteiger partial charge on any atom is 0.0300 e. The first kappa shape index (κ1) is 14.6. The van der Waals surface area contributed by atoms with Gasteiger partial charge in [-0.15, -0.1) is 0 Å². The molecule has 2 aromatic carbocycles. The highest BCUT2D eigenvalue weighted by molar-refractivity contribution is 9.10. The van der Waals surface area contributed by atoms with Gasteiger partial charge in [-0.3, -0.25) is 0 Å². The quantitative estimate of drug-likeness (QED) is 0.825. The molecule has 1 atom stereocenters. The molecule has 0 aromatic heterocycles. The van der Waals surface area contributed by atoms with Crippen LogP contribution in [0.2, 0.25) is 0 Å². The molecule has 0 bridgehead atoms. The third-order valence-electron chi connectivity index (χ3n) is 3.13. The summed E-state index contributed by atoms with van der Waals surface area (Å²) in [5.74, 6) is 0. The summed E-state index contributed by atoms with van der Waals surface area (Å²) in [6, 6.07) is 15.5. The summed E-state index contributed by atoms with van der Waals surface area (Å²) in [6.07, 6.45) is 0. The van der Waals surface area contributed by atoms with E-state index in [1.165, 1.54) is 20.9 Å². The Balaban J connectivity index is 2.18. The average molecular weight is 336 g/mol. The first-order chi connectivity index (χ1) is 9.10. The third-order valence-corrected chi connectivity index (χ3v) is 4.81. The Kier molecular flexibility index (Phi) is 5.08. The maximum absolute atomic E-state index is 3.66. The highest BCUT2D eigenvalue weighted by atomic mass is 79.9. The molecule has 19 heavy (non-hydrogen) atoms. The van der Waals surface area contributed by atoms with Crippen molar-refractivity contribution < 1.29 is 0 Å². The van der Waals surface area contributed by atoms with Crippen molar-refractivity contribution in [1.82, 2.24) is 5.32 Å². The average Bonchev–Trinajstić information content (AvgIpc) is 2.41. The lowest BCUT2D eigenvalue weighted by molar-refractivity contribution is 0.649. The first-order valence-corrected chi connectivity index (χ1v) is 7.92. The van der Waals surface area contributed by atoms with E-state index in [2.05, 4.69) is 77.6 Å². The molecule has 100 valence electrons. The Morgan fingerprint density at radius 3 is 2.26 bits per heavy atom. The number of rotatable bonds is 4. The molecular weight excluding hydrogens is 318 g/mol. The third kappa shape index (κ3) is 3.85. The van der Waals surface area contributed by atoms with Crippen LogP contribution >= 0.6 is 27.7 Å². The molecule has 0 spiro atoms. The molecule has 0 amide bonds. The zero-order valence-corrected chi connectivity index (χ0v) is 13.8. The van der Waals surface area contributed by atoms with E-state index in [0.717, 1.165) is 4.47 Å². The summed E-state index contributed by atoms with van der Waals surface area (Å²) in [5.41, 5.74) is 2.58. The molecule has 0 aliphatic rings. The van der Waals surface area contributed by atoms with Gasteiger partial charge < -0.3 is 5.32 Å². The molecule has 0 heterocycles. The summed E-state index contributed by atoms with van der Waals surface area (Å²) in [7, 11) is 1.98. The van der Waals surface area contributed by atoms with Crippen molar-refractivity contribution in [3.05, 3.63) is 58.1 Å². The van der Waals surface area contributed by atoms with Gasteiger partial charge in [-0.2, -0.15) is 0 Å². The largest absolute Gasteiger partial charge is 0.313 e. The molecule has 0 aliphatic heterocycles. The van der Waals surface area contributed by atoms with Crippen molar-refractivity contribution in [3.8, 4) is 0 Å². The number of aryl methyl sites for hydroxylation is 1. The SMILES string of the molecule is CNC(C)c1ccc(Sc2ccc(C)cc2)cc1Br. The topological polar surface area (TPSA) is 12.0 Å². The van der Waals surface area contributed by atoms with E-state index in [1.807, 2.05) is 7.05 Å². The molecule has 0 radical (unpaired) electrons. The van der Waals surface area contributed by atoms with Gasteiger partial charge in [-0.05, 0) is 50.7 Å². The summed E-state index contributed by atoms with van der Waals surface area (Å²) in [4.78, 5) is 2.52. The lowest BCUT2D eigenvalue weighted by atomic mass is 10.1. The minimum atomic E-state index is 0.354. The summed E-state index contributed by atoms with van der Waals surface area (Å²) in [5, 5.41) is 3.26. The molecule has 1 nitrogen and oxygen atoms in total. The van der Waals surface area contributed by atoms with E-state index in [4.69, 9.17) is 0 Å². The fourth-order valence-electron chi connectivity index (χ4n) is 1.82. The Bertz CT molecular complexity index is 551. The van der Waals surface area contributed by atoms with Crippen LogP contribution in [0.15, 0.2) is 56.7 Å². The van der Waals surface area contributed by atoms with E-state index in [9.17, 15) is 0 Å². The van der Waals surface area contributed by atoms with Gasteiger partial charge in [0, 0.05) is 20.3 Å².